The van der Waals surface area contributed by atoms with Crippen LogP contribution in [0.5, 0.6) is 5.75 Å². The van der Waals surface area contributed by atoms with E-state index in [1.165, 1.54) is 13.2 Å². The summed E-state index contributed by atoms with van der Waals surface area (Å²) < 4.78 is 32.8. The van der Waals surface area contributed by atoms with Crippen molar-refractivity contribution in [2.24, 2.45) is 5.73 Å². The van der Waals surface area contributed by atoms with Gasteiger partial charge < -0.3 is 10.5 Å². The summed E-state index contributed by atoms with van der Waals surface area (Å²) in [6.45, 7) is 5.50. The van der Waals surface area contributed by atoms with Gasteiger partial charge in [0.15, 0.2) is 0 Å². The second-order valence-electron chi connectivity index (χ2n) is 5.07. The summed E-state index contributed by atoms with van der Waals surface area (Å²) in [4.78, 5) is 0.0942. The standard InChI is InChI=1S/C12H19BrN2O3S.ClH/c1-8-5-10(18-4)11(6-9(8)13)19(16,17)15-7-12(2,3)14;/h5-6,15H,7,14H2,1-4H3;1H. The van der Waals surface area contributed by atoms with Crippen LogP contribution in [-0.4, -0.2) is 27.6 Å². The fourth-order valence-electron chi connectivity index (χ4n) is 1.37. The molecule has 0 saturated heterocycles. The summed E-state index contributed by atoms with van der Waals surface area (Å²) >= 11 is 3.32. The van der Waals surface area contributed by atoms with Crippen LogP contribution in [-0.2, 0) is 10.0 Å². The average Bonchev–Trinajstić information content (AvgIpc) is 2.28. The van der Waals surface area contributed by atoms with Crippen molar-refractivity contribution in [1.29, 1.82) is 0 Å². The number of ether oxygens (including phenoxy) is 1. The predicted octanol–water partition coefficient (Wildman–Crippen LogP) is 2.20. The molecule has 0 aliphatic rings. The van der Waals surface area contributed by atoms with Crippen molar-refractivity contribution in [1.82, 2.24) is 4.72 Å². The number of nitrogens with two attached hydrogens (primary N) is 1. The van der Waals surface area contributed by atoms with Crippen LogP contribution in [0.3, 0.4) is 0 Å². The monoisotopic (exact) mass is 386 g/mol. The van der Waals surface area contributed by atoms with E-state index < -0.39 is 15.6 Å². The van der Waals surface area contributed by atoms with E-state index in [2.05, 4.69) is 20.7 Å². The van der Waals surface area contributed by atoms with Crippen LogP contribution >= 0.6 is 28.3 Å². The largest absolute Gasteiger partial charge is 0.495 e. The van der Waals surface area contributed by atoms with E-state index in [-0.39, 0.29) is 23.8 Å². The van der Waals surface area contributed by atoms with Gasteiger partial charge in [-0.25, -0.2) is 13.1 Å². The zero-order valence-corrected chi connectivity index (χ0v) is 15.1. The molecule has 0 aliphatic heterocycles. The smallest absolute Gasteiger partial charge is 0.244 e. The van der Waals surface area contributed by atoms with E-state index in [4.69, 9.17) is 10.5 Å². The van der Waals surface area contributed by atoms with E-state index >= 15 is 0 Å². The van der Waals surface area contributed by atoms with Gasteiger partial charge in [-0.05, 0) is 38.5 Å². The van der Waals surface area contributed by atoms with Crippen LogP contribution in [0.4, 0.5) is 0 Å². The molecule has 1 aromatic rings. The number of sulfonamides is 1. The molecule has 0 fully saturated rings. The number of methoxy groups -OCH3 is 1. The molecule has 0 aromatic heterocycles. The number of aryl methyl sites for hydroxylation is 1. The lowest BCUT2D eigenvalue weighted by Gasteiger charge is -2.20. The summed E-state index contributed by atoms with van der Waals surface area (Å²) in [7, 11) is -2.22. The van der Waals surface area contributed by atoms with Crippen molar-refractivity contribution in [3.8, 4) is 5.75 Å². The maximum Gasteiger partial charge on any atom is 0.244 e. The summed E-state index contributed by atoms with van der Waals surface area (Å²) in [5, 5.41) is 0. The number of halogens is 2. The van der Waals surface area contributed by atoms with Gasteiger partial charge in [-0.1, -0.05) is 15.9 Å². The van der Waals surface area contributed by atoms with E-state index in [0.717, 1.165) is 5.56 Å². The predicted molar refractivity (Wildman–Crippen MR) is 86.1 cm³/mol. The molecule has 1 rings (SSSR count). The lowest BCUT2D eigenvalue weighted by molar-refractivity contribution is 0.401. The molecule has 0 saturated carbocycles. The fraction of sp³-hybridized carbons (Fsp3) is 0.500. The van der Waals surface area contributed by atoms with Gasteiger partial charge in [0.05, 0.1) is 7.11 Å². The highest BCUT2D eigenvalue weighted by atomic mass is 79.9. The van der Waals surface area contributed by atoms with E-state index in [1.807, 2.05) is 6.92 Å². The zero-order valence-electron chi connectivity index (χ0n) is 11.9. The molecule has 0 radical (unpaired) electrons. The first-order valence-corrected chi connectivity index (χ1v) is 7.97. The second kappa shape index (κ2) is 7.09. The van der Waals surface area contributed by atoms with E-state index in [1.54, 1.807) is 19.9 Å². The zero-order chi connectivity index (χ0) is 14.8. The Hall–Kier alpha value is -0.340. The number of hydrogen-bond acceptors (Lipinski definition) is 4. The normalized spacial score (nSPS) is 11.9. The Bertz CT molecular complexity index is 571. The van der Waals surface area contributed by atoms with Crippen LogP contribution in [0.15, 0.2) is 21.5 Å². The molecule has 0 spiro atoms. The number of hydrogen-bond donors (Lipinski definition) is 2. The first kappa shape index (κ1) is 19.7. The number of benzene rings is 1. The van der Waals surface area contributed by atoms with Gasteiger partial charge >= 0.3 is 0 Å². The molecule has 20 heavy (non-hydrogen) atoms. The Morgan fingerprint density at radius 3 is 2.40 bits per heavy atom. The lowest BCUT2D eigenvalue weighted by atomic mass is 10.1. The second-order valence-corrected chi connectivity index (χ2v) is 7.66. The molecule has 0 atom stereocenters. The minimum absolute atomic E-state index is 0. The first-order valence-electron chi connectivity index (χ1n) is 5.69. The Morgan fingerprint density at radius 2 is 1.95 bits per heavy atom. The maximum atomic E-state index is 12.3. The van der Waals surface area contributed by atoms with Gasteiger partial charge in [-0.2, -0.15) is 0 Å². The Morgan fingerprint density at radius 1 is 1.40 bits per heavy atom. The van der Waals surface area contributed by atoms with Gasteiger partial charge in [0.25, 0.3) is 0 Å². The van der Waals surface area contributed by atoms with Crippen LogP contribution in [0.2, 0.25) is 0 Å². The third-order valence-corrected chi connectivity index (χ3v) is 4.73. The molecule has 0 bridgehead atoms. The summed E-state index contributed by atoms with van der Waals surface area (Å²) in [6.07, 6.45) is 0. The van der Waals surface area contributed by atoms with E-state index in [9.17, 15) is 8.42 Å². The minimum atomic E-state index is -3.66. The molecule has 3 N–H and O–H groups in total. The molecule has 116 valence electrons. The molecular weight excluding hydrogens is 368 g/mol. The lowest BCUT2D eigenvalue weighted by Crippen LogP contribution is -2.45. The van der Waals surface area contributed by atoms with E-state index in [0.29, 0.717) is 10.2 Å². The number of rotatable bonds is 5. The van der Waals surface area contributed by atoms with Gasteiger partial charge in [-0.3, -0.25) is 0 Å². The van der Waals surface area contributed by atoms with Crippen molar-refractivity contribution < 1.29 is 13.2 Å². The van der Waals surface area contributed by atoms with Crippen molar-refractivity contribution >= 4 is 38.4 Å². The minimum Gasteiger partial charge on any atom is -0.495 e. The number of nitrogens with one attached hydrogen (secondary N) is 1. The van der Waals surface area contributed by atoms with Crippen LogP contribution in [0.25, 0.3) is 0 Å². The summed E-state index contributed by atoms with van der Waals surface area (Å²) in [6, 6.07) is 3.20. The highest BCUT2D eigenvalue weighted by Crippen LogP contribution is 2.30. The molecule has 8 heteroatoms. The Labute approximate surface area is 134 Å². The van der Waals surface area contributed by atoms with Crippen molar-refractivity contribution in [3.05, 3.63) is 22.2 Å². The molecular formula is C12H20BrClN2O3S. The molecule has 1 aromatic carbocycles. The molecule has 0 unspecified atom stereocenters. The summed E-state index contributed by atoms with van der Waals surface area (Å²) in [5.41, 5.74) is 6.05. The van der Waals surface area contributed by atoms with Gasteiger partial charge in [0.2, 0.25) is 10.0 Å². The fourth-order valence-corrected chi connectivity index (χ4v) is 3.26. The Kier molecular flexibility index (Phi) is 6.96. The van der Waals surface area contributed by atoms with Crippen LogP contribution in [0.1, 0.15) is 19.4 Å². The van der Waals surface area contributed by atoms with Crippen molar-refractivity contribution in [2.45, 2.75) is 31.2 Å². The van der Waals surface area contributed by atoms with Gasteiger partial charge in [-0.15, -0.1) is 12.4 Å². The molecule has 0 amide bonds. The third kappa shape index (κ3) is 5.21. The maximum absolute atomic E-state index is 12.3. The SMILES string of the molecule is COc1cc(C)c(Br)cc1S(=O)(=O)NCC(C)(C)N.Cl. The highest BCUT2D eigenvalue weighted by Gasteiger charge is 2.23. The average molecular weight is 388 g/mol. The first-order chi connectivity index (χ1) is 8.57. The van der Waals surface area contributed by atoms with Gasteiger partial charge in [0, 0.05) is 16.6 Å². The van der Waals surface area contributed by atoms with Crippen LogP contribution in [0, 0.1) is 6.92 Å². The molecule has 0 aliphatic carbocycles. The quantitative estimate of drug-likeness (QED) is 0.811. The van der Waals surface area contributed by atoms with Crippen molar-refractivity contribution in [2.75, 3.05) is 13.7 Å². The molecule has 5 nitrogen and oxygen atoms in total. The van der Waals surface area contributed by atoms with Gasteiger partial charge in [0.1, 0.15) is 10.6 Å². The van der Waals surface area contributed by atoms with Crippen LogP contribution < -0.4 is 15.2 Å². The third-order valence-electron chi connectivity index (χ3n) is 2.45. The Balaban J connectivity index is 0.00000361. The molecule has 0 heterocycles. The topological polar surface area (TPSA) is 81.4 Å². The summed E-state index contributed by atoms with van der Waals surface area (Å²) in [5.74, 6) is 0.308. The van der Waals surface area contributed by atoms with Crippen molar-refractivity contribution in [3.63, 3.8) is 0 Å². The highest BCUT2D eigenvalue weighted by molar-refractivity contribution is 9.10.